The molecule has 0 spiro atoms. The summed E-state index contributed by atoms with van der Waals surface area (Å²) in [5.74, 6) is -0.250. The molecule has 1 aromatic carbocycles. The van der Waals surface area contributed by atoms with E-state index in [1.807, 2.05) is 33.8 Å². The number of fused-ring (bicyclic) bond motifs is 1. The minimum atomic E-state index is -1.20. The van der Waals surface area contributed by atoms with Gasteiger partial charge in [0, 0.05) is 28.7 Å². The third-order valence-electron chi connectivity index (χ3n) is 2.90. The van der Waals surface area contributed by atoms with Crippen molar-refractivity contribution >= 4 is 21.9 Å². The van der Waals surface area contributed by atoms with Crippen LogP contribution in [0.4, 0.5) is 4.39 Å². The number of aromatic amines is 1. The molecular weight excluding hydrogens is 263 g/mol. The molecule has 2 N–H and O–H groups in total. The van der Waals surface area contributed by atoms with Crippen molar-refractivity contribution in [1.29, 1.82) is 0 Å². The number of H-pyrrole nitrogens is 1. The molecule has 2 aromatic rings. The molecule has 1 aromatic heterocycles. The molecule has 0 aliphatic rings. The van der Waals surface area contributed by atoms with E-state index in [1.54, 1.807) is 12.1 Å². The van der Waals surface area contributed by atoms with E-state index in [0.717, 1.165) is 11.2 Å². The third kappa shape index (κ3) is 3.04. The molecule has 0 saturated carbocycles. The highest BCUT2D eigenvalue weighted by Crippen LogP contribution is 2.22. The lowest BCUT2D eigenvalue weighted by Gasteiger charge is -2.18. The summed E-state index contributed by atoms with van der Waals surface area (Å²) < 4.78 is 28.7. The van der Waals surface area contributed by atoms with Crippen molar-refractivity contribution in [3.63, 3.8) is 0 Å². The molecular formula is C14H19FN2OS. The van der Waals surface area contributed by atoms with Gasteiger partial charge in [-0.3, -0.25) is 0 Å². The van der Waals surface area contributed by atoms with Crippen molar-refractivity contribution in [2.45, 2.75) is 39.0 Å². The Labute approximate surface area is 115 Å². The number of aromatic nitrogens is 1. The van der Waals surface area contributed by atoms with Gasteiger partial charge in [0.05, 0.1) is 15.7 Å². The first-order chi connectivity index (χ1) is 8.79. The van der Waals surface area contributed by atoms with E-state index < -0.39 is 11.0 Å². The Morgan fingerprint density at radius 3 is 2.68 bits per heavy atom. The van der Waals surface area contributed by atoms with Crippen molar-refractivity contribution in [2.75, 3.05) is 0 Å². The largest absolute Gasteiger partial charge is 0.359 e. The number of rotatable bonds is 3. The van der Waals surface area contributed by atoms with Crippen LogP contribution < -0.4 is 4.72 Å². The molecule has 0 aliphatic heterocycles. The topological polar surface area (TPSA) is 44.9 Å². The molecule has 19 heavy (non-hydrogen) atoms. The van der Waals surface area contributed by atoms with Crippen LogP contribution in [0.25, 0.3) is 10.9 Å². The summed E-state index contributed by atoms with van der Waals surface area (Å²) in [4.78, 5) is 3.10. The molecule has 0 radical (unpaired) electrons. The van der Waals surface area contributed by atoms with Crippen LogP contribution in [0.3, 0.4) is 0 Å². The number of hydrogen-bond donors (Lipinski definition) is 2. The van der Waals surface area contributed by atoms with Gasteiger partial charge in [-0.2, -0.15) is 0 Å². The Morgan fingerprint density at radius 1 is 1.37 bits per heavy atom. The summed E-state index contributed by atoms with van der Waals surface area (Å²) in [7, 11) is -1.20. The Morgan fingerprint density at radius 2 is 2.05 bits per heavy atom. The Kier molecular flexibility index (Phi) is 3.78. The Balaban J connectivity index is 2.22. The van der Waals surface area contributed by atoms with Crippen LogP contribution in [0.15, 0.2) is 18.2 Å². The molecule has 0 saturated heterocycles. The van der Waals surface area contributed by atoms with Crippen LogP contribution >= 0.6 is 0 Å². The summed E-state index contributed by atoms with van der Waals surface area (Å²) in [5.41, 5.74) is 2.25. The highest BCUT2D eigenvalue weighted by atomic mass is 32.2. The van der Waals surface area contributed by atoms with Crippen molar-refractivity contribution in [1.82, 2.24) is 9.71 Å². The summed E-state index contributed by atoms with van der Waals surface area (Å²) in [6.45, 7) is 7.80. The second-order valence-electron chi connectivity index (χ2n) is 5.65. The van der Waals surface area contributed by atoms with Gasteiger partial charge in [-0.25, -0.2) is 13.3 Å². The minimum absolute atomic E-state index is 0.250. The molecule has 3 nitrogen and oxygen atoms in total. The predicted octanol–water partition coefficient (Wildman–Crippen LogP) is 3.17. The van der Waals surface area contributed by atoms with Crippen LogP contribution in [0.5, 0.6) is 0 Å². The molecule has 0 fully saturated rings. The van der Waals surface area contributed by atoms with Gasteiger partial charge in [0.15, 0.2) is 0 Å². The summed E-state index contributed by atoms with van der Waals surface area (Å²) in [6.07, 6.45) is 0. The standard InChI is InChI=1S/C14H19FN2OS/c1-9-7-11-12(17-9)6-5-10(13(11)15)8-16-19(18)14(2,3)4/h5-7,16-17H,8H2,1-4H3/t19-/m0/s1. The van der Waals surface area contributed by atoms with E-state index in [1.165, 1.54) is 0 Å². The molecule has 104 valence electrons. The van der Waals surface area contributed by atoms with Gasteiger partial charge in [-0.15, -0.1) is 0 Å². The average molecular weight is 282 g/mol. The minimum Gasteiger partial charge on any atom is -0.359 e. The fourth-order valence-corrected chi connectivity index (χ4v) is 2.57. The first-order valence-electron chi connectivity index (χ1n) is 6.21. The normalized spacial score (nSPS) is 13.9. The van der Waals surface area contributed by atoms with E-state index in [0.29, 0.717) is 10.9 Å². The van der Waals surface area contributed by atoms with Crippen molar-refractivity contribution in [3.05, 3.63) is 35.3 Å². The maximum atomic E-state index is 14.3. The first kappa shape index (κ1) is 14.2. The molecule has 5 heteroatoms. The van der Waals surface area contributed by atoms with E-state index in [-0.39, 0.29) is 17.1 Å². The van der Waals surface area contributed by atoms with Crippen LogP contribution in [0, 0.1) is 12.7 Å². The fraction of sp³-hybridized carbons (Fsp3) is 0.429. The van der Waals surface area contributed by atoms with Gasteiger partial charge < -0.3 is 4.98 Å². The van der Waals surface area contributed by atoms with Crippen LogP contribution in [0.1, 0.15) is 32.0 Å². The van der Waals surface area contributed by atoms with Gasteiger partial charge in [0.1, 0.15) is 5.82 Å². The number of benzene rings is 1. The third-order valence-corrected chi connectivity index (χ3v) is 4.42. The lowest BCUT2D eigenvalue weighted by Crippen LogP contribution is -2.33. The lowest BCUT2D eigenvalue weighted by molar-refractivity contribution is 0.610. The number of aryl methyl sites for hydroxylation is 1. The summed E-state index contributed by atoms with van der Waals surface area (Å²) >= 11 is 0. The molecule has 0 unspecified atom stereocenters. The van der Waals surface area contributed by atoms with Gasteiger partial charge in [0.25, 0.3) is 0 Å². The van der Waals surface area contributed by atoms with E-state index in [4.69, 9.17) is 0 Å². The summed E-state index contributed by atoms with van der Waals surface area (Å²) in [6, 6.07) is 5.36. The fourth-order valence-electron chi connectivity index (χ4n) is 1.85. The average Bonchev–Trinajstić information content (AvgIpc) is 2.68. The van der Waals surface area contributed by atoms with Gasteiger partial charge in [-0.1, -0.05) is 6.07 Å². The monoisotopic (exact) mass is 282 g/mol. The predicted molar refractivity (Wildman–Crippen MR) is 77.7 cm³/mol. The van der Waals surface area contributed by atoms with Gasteiger partial charge in [0.2, 0.25) is 0 Å². The van der Waals surface area contributed by atoms with E-state index in [9.17, 15) is 8.60 Å². The molecule has 1 heterocycles. The second-order valence-corrected chi connectivity index (χ2v) is 7.71. The van der Waals surface area contributed by atoms with Crippen molar-refractivity contribution in [2.24, 2.45) is 0 Å². The number of hydrogen-bond acceptors (Lipinski definition) is 1. The SMILES string of the molecule is Cc1cc2c(F)c(CN[S@@](=O)C(C)(C)C)ccc2[nH]1. The Hall–Kier alpha value is -1.20. The molecule has 0 aliphatic carbocycles. The van der Waals surface area contributed by atoms with Crippen LogP contribution in [-0.2, 0) is 17.5 Å². The number of halogens is 1. The molecule has 1 atom stereocenters. The van der Waals surface area contributed by atoms with Crippen LogP contribution in [-0.4, -0.2) is 13.9 Å². The van der Waals surface area contributed by atoms with Crippen molar-refractivity contribution < 1.29 is 8.60 Å². The van der Waals surface area contributed by atoms with E-state index in [2.05, 4.69) is 9.71 Å². The maximum absolute atomic E-state index is 14.3. The first-order valence-corrected chi connectivity index (χ1v) is 7.36. The molecule has 2 rings (SSSR count). The molecule has 0 amide bonds. The lowest BCUT2D eigenvalue weighted by atomic mass is 10.1. The number of nitrogens with one attached hydrogen (secondary N) is 2. The zero-order chi connectivity index (χ0) is 14.2. The smallest absolute Gasteiger partial charge is 0.137 e. The van der Waals surface area contributed by atoms with E-state index >= 15 is 0 Å². The van der Waals surface area contributed by atoms with Crippen LogP contribution in [0.2, 0.25) is 0 Å². The zero-order valence-corrected chi connectivity index (χ0v) is 12.5. The maximum Gasteiger partial charge on any atom is 0.137 e. The summed E-state index contributed by atoms with van der Waals surface area (Å²) in [5, 5.41) is 0.582. The highest BCUT2D eigenvalue weighted by Gasteiger charge is 2.19. The molecule has 0 bridgehead atoms. The zero-order valence-electron chi connectivity index (χ0n) is 11.6. The second kappa shape index (κ2) is 5.06. The van der Waals surface area contributed by atoms with Crippen molar-refractivity contribution in [3.8, 4) is 0 Å². The quantitative estimate of drug-likeness (QED) is 0.892. The highest BCUT2D eigenvalue weighted by molar-refractivity contribution is 7.84. The Bertz CT molecular complexity index is 628. The van der Waals surface area contributed by atoms with Gasteiger partial charge in [-0.05, 0) is 39.8 Å². The van der Waals surface area contributed by atoms with Gasteiger partial charge >= 0.3 is 0 Å².